The number of amides is 1. The average Bonchev–Trinajstić information content (AvgIpc) is 3.39. The maximum absolute atomic E-state index is 12.6. The summed E-state index contributed by atoms with van der Waals surface area (Å²) >= 11 is 0. The van der Waals surface area contributed by atoms with Crippen molar-refractivity contribution in [1.82, 2.24) is 9.80 Å². The molecule has 2 aliphatic rings. The van der Waals surface area contributed by atoms with E-state index in [0.29, 0.717) is 11.8 Å². The van der Waals surface area contributed by atoms with Crippen molar-refractivity contribution >= 4 is 5.91 Å². The average molecular weight is 300 g/mol. The van der Waals surface area contributed by atoms with Gasteiger partial charge in [0.2, 0.25) is 5.91 Å². The molecule has 120 valence electrons. The Bertz CT molecular complexity index is 475. The zero-order chi connectivity index (χ0) is 15.4. The van der Waals surface area contributed by atoms with Crippen LogP contribution in [-0.4, -0.2) is 41.4 Å². The van der Waals surface area contributed by atoms with E-state index in [-0.39, 0.29) is 0 Å². The molecule has 0 spiro atoms. The Kier molecular flexibility index (Phi) is 5.14. The van der Waals surface area contributed by atoms with Gasteiger partial charge in [0.05, 0.1) is 0 Å². The first-order chi connectivity index (χ1) is 10.8. The molecule has 22 heavy (non-hydrogen) atoms. The molecule has 1 aromatic carbocycles. The molecule has 0 unspecified atom stereocenters. The molecule has 1 aliphatic heterocycles. The first-order valence-corrected chi connectivity index (χ1v) is 8.82. The molecule has 3 rings (SSSR count). The molecule has 1 saturated carbocycles. The highest BCUT2D eigenvalue weighted by Crippen LogP contribution is 2.31. The molecule has 1 amide bonds. The third-order valence-electron chi connectivity index (χ3n) is 5.13. The van der Waals surface area contributed by atoms with Gasteiger partial charge in [0, 0.05) is 25.6 Å². The van der Waals surface area contributed by atoms with E-state index in [1.165, 1.54) is 44.3 Å². The summed E-state index contributed by atoms with van der Waals surface area (Å²) in [4.78, 5) is 17.2. The van der Waals surface area contributed by atoms with Crippen LogP contribution in [0.5, 0.6) is 0 Å². The fraction of sp³-hybridized carbons (Fsp3) is 0.632. The van der Waals surface area contributed by atoms with Gasteiger partial charge in [-0.25, -0.2) is 0 Å². The number of likely N-dealkylation sites (tertiary alicyclic amines) is 1. The molecular formula is C19H28N2O. The number of carbonyl (C=O) groups excluding carboxylic acids is 1. The molecule has 1 aromatic rings. The van der Waals surface area contributed by atoms with Crippen LogP contribution in [-0.2, 0) is 11.3 Å². The Morgan fingerprint density at radius 1 is 1.14 bits per heavy atom. The molecule has 0 atom stereocenters. The Hall–Kier alpha value is -1.35. The van der Waals surface area contributed by atoms with E-state index < -0.39 is 0 Å². The Morgan fingerprint density at radius 2 is 1.82 bits per heavy atom. The standard InChI is InChI=1S/C19H28N2O/c1-2-20(15-17-6-4-3-5-7-17)19(22)14-16-10-12-21(13-11-16)18-8-9-18/h3-7,16,18H,2,8-15H2,1H3. The minimum atomic E-state index is 0.330. The van der Waals surface area contributed by atoms with Gasteiger partial charge in [0.15, 0.2) is 0 Å². The van der Waals surface area contributed by atoms with Crippen molar-refractivity contribution in [3.63, 3.8) is 0 Å². The van der Waals surface area contributed by atoms with Gasteiger partial charge in [-0.3, -0.25) is 4.79 Å². The molecule has 0 bridgehead atoms. The lowest BCUT2D eigenvalue weighted by Crippen LogP contribution is -2.38. The lowest BCUT2D eigenvalue weighted by atomic mass is 9.92. The lowest BCUT2D eigenvalue weighted by Gasteiger charge is -2.32. The SMILES string of the molecule is CCN(Cc1ccccc1)C(=O)CC1CCN(C2CC2)CC1. The number of benzene rings is 1. The highest BCUT2D eigenvalue weighted by Gasteiger charge is 2.32. The molecule has 2 fully saturated rings. The maximum Gasteiger partial charge on any atom is 0.223 e. The van der Waals surface area contributed by atoms with Crippen LogP contribution in [0.1, 0.15) is 44.6 Å². The number of rotatable bonds is 6. The van der Waals surface area contributed by atoms with Gasteiger partial charge in [0.1, 0.15) is 0 Å². The predicted molar refractivity (Wildman–Crippen MR) is 89.5 cm³/mol. The summed E-state index contributed by atoms with van der Waals surface area (Å²) in [5.41, 5.74) is 1.22. The Labute approximate surface area is 134 Å². The van der Waals surface area contributed by atoms with Crippen molar-refractivity contribution in [1.29, 1.82) is 0 Å². The van der Waals surface area contributed by atoms with E-state index >= 15 is 0 Å². The third kappa shape index (κ3) is 4.10. The fourth-order valence-electron chi connectivity index (χ4n) is 3.52. The van der Waals surface area contributed by atoms with Gasteiger partial charge in [0.25, 0.3) is 0 Å². The predicted octanol–water partition coefficient (Wildman–Crippen LogP) is 3.30. The van der Waals surface area contributed by atoms with Gasteiger partial charge in [-0.1, -0.05) is 30.3 Å². The van der Waals surface area contributed by atoms with E-state index in [0.717, 1.165) is 25.6 Å². The van der Waals surface area contributed by atoms with Crippen molar-refractivity contribution in [2.75, 3.05) is 19.6 Å². The monoisotopic (exact) mass is 300 g/mol. The van der Waals surface area contributed by atoms with Crippen molar-refractivity contribution in [2.45, 2.75) is 51.6 Å². The summed E-state index contributed by atoms with van der Waals surface area (Å²) in [7, 11) is 0. The van der Waals surface area contributed by atoms with Gasteiger partial charge in [-0.15, -0.1) is 0 Å². The molecule has 0 N–H and O–H groups in total. The number of piperidine rings is 1. The molecule has 1 aliphatic carbocycles. The number of nitrogens with zero attached hydrogens (tertiary/aromatic N) is 2. The van der Waals surface area contributed by atoms with Crippen molar-refractivity contribution < 1.29 is 4.79 Å². The summed E-state index contributed by atoms with van der Waals surface area (Å²) in [6.07, 6.45) is 5.92. The maximum atomic E-state index is 12.6. The minimum absolute atomic E-state index is 0.330. The highest BCUT2D eigenvalue weighted by atomic mass is 16.2. The van der Waals surface area contributed by atoms with Gasteiger partial charge in [-0.2, -0.15) is 0 Å². The largest absolute Gasteiger partial charge is 0.339 e. The van der Waals surface area contributed by atoms with Crippen LogP contribution in [0.3, 0.4) is 0 Å². The molecule has 1 saturated heterocycles. The van der Waals surface area contributed by atoms with Crippen LogP contribution in [0.2, 0.25) is 0 Å². The van der Waals surface area contributed by atoms with Gasteiger partial charge < -0.3 is 9.80 Å². The van der Waals surface area contributed by atoms with Gasteiger partial charge in [-0.05, 0) is 57.2 Å². The molecule has 3 heteroatoms. The molecule has 0 aromatic heterocycles. The topological polar surface area (TPSA) is 23.6 Å². The van der Waals surface area contributed by atoms with Crippen LogP contribution in [0, 0.1) is 5.92 Å². The smallest absolute Gasteiger partial charge is 0.223 e. The van der Waals surface area contributed by atoms with Crippen molar-refractivity contribution in [3.8, 4) is 0 Å². The number of hydrogen-bond donors (Lipinski definition) is 0. The zero-order valence-corrected chi connectivity index (χ0v) is 13.7. The zero-order valence-electron chi connectivity index (χ0n) is 13.7. The lowest BCUT2D eigenvalue weighted by molar-refractivity contribution is -0.133. The molecule has 0 radical (unpaired) electrons. The molecule has 1 heterocycles. The molecular weight excluding hydrogens is 272 g/mol. The van der Waals surface area contributed by atoms with E-state index in [2.05, 4.69) is 24.0 Å². The van der Waals surface area contributed by atoms with E-state index in [1.54, 1.807) is 0 Å². The summed E-state index contributed by atoms with van der Waals surface area (Å²) in [5.74, 6) is 0.920. The highest BCUT2D eigenvalue weighted by molar-refractivity contribution is 5.76. The Morgan fingerprint density at radius 3 is 2.41 bits per heavy atom. The normalized spacial score (nSPS) is 20.0. The van der Waals surface area contributed by atoms with Crippen LogP contribution in [0.4, 0.5) is 0 Å². The summed E-state index contributed by atoms with van der Waals surface area (Å²) in [5, 5.41) is 0. The van der Waals surface area contributed by atoms with Crippen LogP contribution in [0.15, 0.2) is 30.3 Å². The summed E-state index contributed by atoms with van der Waals surface area (Å²) < 4.78 is 0. The first-order valence-electron chi connectivity index (χ1n) is 8.82. The van der Waals surface area contributed by atoms with E-state index in [1.807, 2.05) is 23.1 Å². The first kappa shape index (κ1) is 15.5. The van der Waals surface area contributed by atoms with E-state index in [4.69, 9.17) is 0 Å². The summed E-state index contributed by atoms with van der Waals surface area (Å²) in [6, 6.07) is 11.2. The summed E-state index contributed by atoms with van der Waals surface area (Å²) in [6.45, 7) is 6.03. The van der Waals surface area contributed by atoms with Crippen LogP contribution < -0.4 is 0 Å². The number of hydrogen-bond acceptors (Lipinski definition) is 2. The molecule has 3 nitrogen and oxygen atoms in total. The van der Waals surface area contributed by atoms with Crippen molar-refractivity contribution in [2.24, 2.45) is 5.92 Å². The minimum Gasteiger partial charge on any atom is -0.339 e. The fourth-order valence-corrected chi connectivity index (χ4v) is 3.52. The second kappa shape index (κ2) is 7.28. The second-order valence-corrected chi connectivity index (χ2v) is 6.81. The Balaban J connectivity index is 1.47. The third-order valence-corrected chi connectivity index (χ3v) is 5.13. The van der Waals surface area contributed by atoms with Crippen LogP contribution >= 0.6 is 0 Å². The van der Waals surface area contributed by atoms with Crippen molar-refractivity contribution in [3.05, 3.63) is 35.9 Å². The quantitative estimate of drug-likeness (QED) is 0.805. The van der Waals surface area contributed by atoms with Gasteiger partial charge >= 0.3 is 0 Å². The number of carbonyl (C=O) groups is 1. The van der Waals surface area contributed by atoms with E-state index in [9.17, 15) is 4.79 Å². The van der Waals surface area contributed by atoms with Crippen LogP contribution in [0.25, 0.3) is 0 Å². The second-order valence-electron chi connectivity index (χ2n) is 6.81.